The van der Waals surface area contributed by atoms with Crippen LogP contribution in [0.4, 0.5) is 4.79 Å². The number of hydrogen-bond donors (Lipinski definition) is 3. The van der Waals surface area contributed by atoms with E-state index in [0.29, 0.717) is 50.0 Å². The summed E-state index contributed by atoms with van der Waals surface area (Å²) >= 11 is 0. The molecule has 0 aliphatic carbocycles. The zero-order chi connectivity index (χ0) is 26.0. The van der Waals surface area contributed by atoms with E-state index in [1.807, 2.05) is 30.3 Å². The third kappa shape index (κ3) is 5.40. The fourth-order valence-corrected chi connectivity index (χ4v) is 5.28. The van der Waals surface area contributed by atoms with E-state index >= 15 is 0 Å². The molecule has 1 unspecified atom stereocenters. The Labute approximate surface area is 214 Å². The van der Waals surface area contributed by atoms with Crippen molar-refractivity contribution in [1.82, 2.24) is 20.0 Å². The van der Waals surface area contributed by atoms with Crippen LogP contribution in [0.1, 0.15) is 48.1 Å². The highest BCUT2D eigenvalue weighted by Crippen LogP contribution is 2.44. The third-order valence-corrected chi connectivity index (χ3v) is 7.18. The first-order valence-corrected chi connectivity index (χ1v) is 13.3. The van der Waals surface area contributed by atoms with Crippen molar-refractivity contribution in [3.63, 3.8) is 0 Å². The maximum atomic E-state index is 13.5. The summed E-state index contributed by atoms with van der Waals surface area (Å²) in [5, 5.41) is 8.33. The predicted molar refractivity (Wildman–Crippen MR) is 135 cm³/mol. The van der Waals surface area contributed by atoms with Gasteiger partial charge >= 0.3 is 14.7 Å². The molecule has 0 radical (unpaired) electrons. The van der Waals surface area contributed by atoms with Gasteiger partial charge in [0.05, 0.1) is 18.2 Å². The SMILES string of the molecule is CCOC(=O)N1CCC2(CC1)CC(NC(=O)c1cccc3cn(COP(O)O)nc13)c1ccccc1O2. The fourth-order valence-electron chi connectivity index (χ4n) is 5.06. The first kappa shape index (κ1) is 25.4. The molecule has 1 spiro atoms. The third-order valence-electron chi connectivity index (χ3n) is 6.84. The first-order chi connectivity index (χ1) is 17.9. The lowest BCUT2D eigenvalue weighted by Crippen LogP contribution is -2.53. The molecular weight excluding hydrogens is 499 g/mol. The van der Waals surface area contributed by atoms with Gasteiger partial charge in [0.2, 0.25) is 0 Å². The largest absolute Gasteiger partial charge is 0.487 e. The summed E-state index contributed by atoms with van der Waals surface area (Å²) < 4.78 is 17.9. The van der Waals surface area contributed by atoms with Gasteiger partial charge < -0.3 is 29.5 Å². The Balaban J connectivity index is 1.36. The molecule has 2 aliphatic rings. The van der Waals surface area contributed by atoms with Gasteiger partial charge in [-0.05, 0) is 19.1 Å². The molecule has 3 heterocycles. The first-order valence-electron chi connectivity index (χ1n) is 12.1. The van der Waals surface area contributed by atoms with Gasteiger partial charge in [0.1, 0.15) is 23.6 Å². The van der Waals surface area contributed by atoms with Crippen molar-refractivity contribution >= 4 is 31.5 Å². The maximum absolute atomic E-state index is 13.5. The number of benzene rings is 2. The second-order valence-electron chi connectivity index (χ2n) is 9.16. The van der Waals surface area contributed by atoms with E-state index in [4.69, 9.17) is 23.8 Å². The topological polar surface area (TPSA) is 135 Å². The Morgan fingerprint density at radius 2 is 1.97 bits per heavy atom. The molecule has 5 rings (SSSR count). The van der Waals surface area contributed by atoms with Crippen molar-refractivity contribution in [3.8, 4) is 5.75 Å². The average Bonchev–Trinajstić information content (AvgIpc) is 3.31. The van der Waals surface area contributed by atoms with Crippen molar-refractivity contribution in [2.45, 2.75) is 44.6 Å². The highest BCUT2D eigenvalue weighted by atomic mass is 31.2. The van der Waals surface area contributed by atoms with Crippen molar-refractivity contribution < 1.29 is 33.4 Å². The molecule has 2 aliphatic heterocycles. The van der Waals surface area contributed by atoms with Crippen molar-refractivity contribution in [2.75, 3.05) is 19.7 Å². The van der Waals surface area contributed by atoms with Gasteiger partial charge in [-0.1, -0.05) is 30.3 Å². The summed E-state index contributed by atoms with van der Waals surface area (Å²) in [5.74, 6) is 0.455. The molecule has 0 saturated carbocycles. The number of carbonyl (C=O) groups is 2. The number of piperidine rings is 1. The minimum atomic E-state index is -2.51. The van der Waals surface area contributed by atoms with Gasteiger partial charge in [0.15, 0.2) is 0 Å². The normalized spacial score (nSPS) is 18.5. The van der Waals surface area contributed by atoms with Crippen LogP contribution in [0.5, 0.6) is 5.75 Å². The van der Waals surface area contributed by atoms with Crippen LogP contribution in [0.2, 0.25) is 0 Å². The molecule has 2 amide bonds. The van der Waals surface area contributed by atoms with Gasteiger partial charge in [0, 0.05) is 49.5 Å². The number of nitrogens with one attached hydrogen (secondary N) is 1. The lowest BCUT2D eigenvalue weighted by molar-refractivity contribution is -0.0233. The minimum absolute atomic E-state index is 0.146. The van der Waals surface area contributed by atoms with Crippen LogP contribution in [0, 0.1) is 0 Å². The van der Waals surface area contributed by atoms with Gasteiger partial charge in [-0.2, -0.15) is 5.10 Å². The lowest BCUT2D eigenvalue weighted by Gasteiger charge is -2.46. The summed E-state index contributed by atoms with van der Waals surface area (Å²) in [7, 11) is -2.51. The highest BCUT2D eigenvalue weighted by Gasteiger charge is 2.44. The molecule has 37 heavy (non-hydrogen) atoms. The van der Waals surface area contributed by atoms with Crippen LogP contribution in [-0.4, -0.2) is 61.8 Å². The predicted octanol–water partition coefficient (Wildman–Crippen LogP) is 3.47. The molecule has 1 aromatic heterocycles. The van der Waals surface area contributed by atoms with Crippen molar-refractivity contribution in [3.05, 3.63) is 59.8 Å². The number of para-hydroxylation sites is 1. The zero-order valence-electron chi connectivity index (χ0n) is 20.4. The molecule has 2 aromatic carbocycles. The Kier molecular flexibility index (Phi) is 7.30. The number of aromatic nitrogens is 2. The quantitative estimate of drug-likeness (QED) is 0.414. The molecule has 11 nitrogen and oxygen atoms in total. The fraction of sp³-hybridized carbons (Fsp3) is 0.400. The summed E-state index contributed by atoms with van der Waals surface area (Å²) in [6, 6.07) is 12.7. The van der Waals surface area contributed by atoms with Crippen LogP contribution >= 0.6 is 8.60 Å². The van der Waals surface area contributed by atoms with E-state index in [1.165, 1.54) is 4.68 Å². The molecule has 12 heteroatoms. The van der Waals surface area contributed by atoms with E-state index in [2.05, 4.69) is 10.4 Å². The summed E-state index contributed by atoms with van der Waals surface area (Å²) in [6.45, 7) is 3.01. The second kappa shape index (κ2) is 10.6. The number of likely N-dealkylation sites (tertiary alicyclic amines) is 1. The van der Waals surface area contributed by atoms with Crippen LogP contribution < -0.4 is 10.1 Å². The van der Waals surface area contributed by atoms with E-state index in [-0.39, 0.29) is 24.8 Å². The molecule has 1 atom stereocenters. The Hall–Kier alpha value is -3.24. The van der Waals surface area contributed by atoms with Gasteiger partial charge in [0.25, 0.3) is 5.91 Å². The molecule has 0 bridgehead atoms. The van der Waals surface area contributed by atoms with Crippen LogP contribution in [0.25, 0.3) is 10.9 Å². The summed E-state index contributed by atoms with van der Waals surface area (Å²) in [5.41, 5.74) is 1.29. The molecule has 1 fully saturated rings. The van der Waals surface area contributed by atoms with E-state index in [1.54, 1.807) is 30.2 Å². The maximum Gasteiger partial charge on any atom is 0.409 e. The number of nitrogens with zero attached hydrogens (tertiary/aromatic N) is 3. The second-order valence-corrected chi connectivity index (χ2v) is 9.93. The smallest absolute Gasteiger partial charge is 0.409 e. The number of ether oxygens (including phenoxy) is 2. The molecule has 1 saturated heterocycles. The molecule has 3 N–H and O–H groups in total. The monoisotopic (exact) mass is 528 g/mol. The van der Waals surface area contributed by atoms with E-state index in [9.17, 15) is 9.59 Å². The standard InChI is InChI=1S/C25H29N4O7P/c1-2-34-24(31)28-12-10-25(11-13-28)14-20(18-7-3-4-9-21(18)36-25)26-23(30)19-8-5-6-17-15-29(27-22(17)19)16-35-37(32)33/h3-9,15,20,32-33H,2,10-14,16H2,1H3,(H,26,30). The molecular formula is C25H29N4O7P. The number of fused-ring (bicyclic) bond motifs is 2. The Morgan fingerprint density at radius 1 is 1.19 bits per heavy atom. The number of carbonyl (C=O) groups excluding carboxylic acids is 2. The van der Waals surface area contributed by atoms with Gasteiger partial charge in [-0.25, -0.2) is 9.48 Å². The minimum Gasteiger partial charge on any atom is -0.487 e. The molecule has 3 aromatic rings. The van der Waals surface area contributed by atoms with E-state index < -0.39 is 14.2 Å². The van der Waals surface area contributed by atoms with Gasteiger partial charge in [-0.15, -0.1) is 0 Å². The number of rotatable bonds is 6. The summed E-state index contributed by atoms with van der Waals surface area (Å²) in [4.78, 5) is 45.4. The molecule has 196 valence electrons. The Bertz CT molecular complexity index is 1290. The van der Waals surface area contributed by atoms with Crippen LogP contribution in [0.15, 0.2) is 48.7 Å². The zero-order valence-corrected chi connectivity index (χ0v) is 21.3. The van der Waals surface area contributed by atoms with Crippen LogP contribution in [0.3, 0.4) is 0 Å². The van der Waals surface area contributed by atoms with Gasteiger partial charge in [-0.3, -0.25) is 9.32 Å². The Morgan fingerprint density at radius 3 is 2.73 bits per heavy atom. The van der Waals surface area contributed by atoms with Crippen LogP contribution in [-0.2, 0) is 16.0 Å². The average molecular weight is 529 g/mol. The van der Waals surface area contributed by atoms with Crippen molar-refractivity contribution in [1.29, 1.82) is 0 Å². The highest BCUT2D eigenvalue weighted by molar-refractivity contribution is 7.39. The number of hydrogen-bond acceptors (Lipinski definition) is 8. The number of amides is 2. The van der Waals surface area contributed by atoms with E-state index in [0.717, 1.165) is 16.7 Å². The van der Waals surface area contributed by atoms with Crippen molar-refractivity contribution in [2.24, 2.45) is 0 Å². The lowest BCUT2D eigenvalue weighted by atomic mass is 9.80. The summed E-state index contributed by atoms with van der Waals surface area (Å²) in [6.07, 6.45) is 3.20.